The van der Waals surface area contributed by atoms with Gasteiger partial charge in [-0.25, -0.2) is 31.8 Å². The molecular weight excluding hydrogens is 2240 g/mol. The molecule has 0 saturated carbocycles. The smallest absolute Gasteiger partial charge is 0.790 e. The number of anilines is 2. The number of phosphoric ester groups is 2. The molecule has 0 bridgehead atoms. The Morgan fingerprint density at radius 2 is 0.967 bits per heavy atom. The summed E-state index contributed by atoms with van der Waals surface area (Å²) < 4.78 is 142. The van der Waals surface area contributed by atoms with Crippen LogP contribution in [-0.2, 0) is 118 Å². The van der Waals surface area contributed by atoms with Gasteiger partial charge in [0.05, 0.1) is 99.8 Å². The summed E-state index contributed by atoms with van der Waals surface area (Å²) in [5.74, 6) is 4.38. The summed E-state index contributed by atoms with van der Waals surface area (Å²) in [5.41, 5.74) is 6.42. The monoisotopic (exact) mass is 2340 g/mol. The number of aromatic amines is 2. The number of hydrogen-bond donors (Lipinski definition) is 9. The number of benzene rings is 4. The number of aliphatic hydroxyl groups is 3. The minimum Gasteiger partial charge on any atom is -0.790 e. The first-order chi connectivity index (χ1) is 67.2. The van der Waals surface area contributed by atoms with E-state index in [4.69, 9.17) is 52.8 Å². The van der Waals surface area contributed by atoms with Gasteiger partial charge in [-0.15, -0.1) is 9.32 Å². The Labute approximate surface area is 1010 Å². The van der Waals surface area contributed by atoms with Crippen molar-refractivity contribution in [1.82, 2.24) is 29.7 Å². The van der Waals surface area contributed by atoms with Crippen LogP contribution in [0.15, 0.2) is 174 Å². The number of sulfonamides is 1. The Balaban J connectivity index is 0.000000507. The molecule has 6 aliphatic rings. The van der Waals surface area contributed by atoms with Crippen molar-refractivity contribution < 1.29 is 336 Å². The number of aliphatic hydroxyl groups excluding tert-OH is 3. The molecule has 2 aromatic heterocycles. The van der Waals surface area contributed by atoms with Gasteiger partial charge in [0, 0.05) is 160 Å². The second-order valence-electron chi connectivity index (χ2n) is 35.5. The molecule has 0 radical (unpaired) electrons. The van der Waals surface area contributed by atoms with Crippen molar-refractivity contribution in [3.8, 4) is 0 Å². The van der Waals surface area contributed by atoms with Crippen molar-refractivity contribution >= 4 is 150 Å². The van der Waals surface area contributed by atoms with Crippen molar-refractivity contribution in [2.75, 3.05) is 69.0 Å². The number of aromatic nitrogens is 4. The molecule has 48 nitrogen and oxygen atoms in total. The Kier molecular flexibility index (Phi) is 54.0. The van der Waals surface area contributed by atoms with Crippen LogP contribution in [0.4, 0.5) is 22.7 Å². The van der Waals surface area contributed by atoms with Crippen LogP contribution >= 0.6 is 82.2 Å². The molecule has 0 spiro atoms. The molecule has 0 aliphatic carbocycles. The van der Waals surface area contributed by atoms with Crippen molar-refractivity contribution in [3.05, 3.63) is 231 Å². The second-order valence-corrected chi connectivity index (χ2v) is 47.2. The van der Waals surface area contributed by atoms with Gasteiger partial charge >= 0.3 is 189 Å². The van der Waals surface area contributed by atoms with E-state index >= 15 is 0 Å². The number of likely N-dealkylation sites (N-methyl/N-ethyl adjacent to an activating group) is 1. The summed E-state index contributed by atoms with van der Waals surface area (Å²) in [7, 11) is -40.6. The minimum absolute atomic E-state index is 0. The first kappa shape index (κ1) is 138. The number of unbranched alkanes of at least 4 members (excludes halogenated alkanes) is 4. The van der Waals surface area contributed by atoms with Crippen LogP contribution < -0.4 is 270 Å². The average molecular weight is 2340 g/mol. The van der Waals surface area contributed by atoms with E-state index in [-0.39, 0.29) is 249 Å². The van der Waals surface area contributed by atoms with E-state index in [0.717, 1.165) is 113 Å². The summed E-state index contributed by atoms with van der Waals surface area (Å²) in [6.07, 6.45) is 14.1. The molecule has 150 heavy (non-hydrogen) atoms. The van der Waals surface area contributed by atoms with Crippen LogP contribution in [0.3, 0.4) is 0 Å². The van der Waals surface area contributed by atoms with Gasteiger partial charge < -0.3 is 107 Å². The van der Waals surface area contributed by atoms with Gasteiger partial charge in [0.1, 0.15) is 37.8 Å². The van der Waals surface area contributed by atoms with Crippen molar-refractivity contribution in [2.45, 2.75) is 195 Å². The predicted molar refractivity (Wildman–Crippen MR) is 509 cm³/mol. The number of hydrogen-bond acceptors (Lipinski definition) is 40. The largest absolute Gasteiger partial charge is 1.00 e. The SMILES string of the molecule is CC1(C)C(/C=C/C=C2\N(CCOCCO)c3ccc(Cl)cc3C2(C)C)=[N+](CCCCCC(=O)N/C=C/c2cn([C@H]3CC(O)[C@@H](COP(=O)([O-])OP(=O)([O-])OP(=O)([O-])[O-])O3)c(=O)[nH]c2=O)c2ccc(Cl)cc21.CCN1/C(=C\C=C\C2=[N+](CCCCCC(=O)N/C=C/c3cn([C@H]4CC(O)[C@@H](COP(=O)([O-])OP(=O)([O-])OP(=O)([O-])[O-])O4)c(=O)[nH]c3=O)c3ccc(SOON)cc3C2(C)C)C(C)(C)c2cc(S(N)(=O)=O)ccc21.[Na+].[Na+].[Na+].[Na+].[Na+].[Na+]. The Hall–Kier alpha value is -2.14. The quantitative estimate of drug-likeness (QED) is 0.00326. The third-order valence-corrected chi connectivity index (χ3v) is 33.5. The Morgan fingerprint density at radius 1 is 0.553 bits per heavy atom. The Morgan fingerprint density at radius 3 is 1.40 bits per heavy atom. The van der Waals surface area contributed by atoms with Crippen LogP contribution in [0.1, 0.15) is 172 Å². The molecular formula is C86H106Cl2N12Na6O36P6S2. The minimum atomic E-state index is -6.24. The number of carbonyl (C=O) groups excluding carboxylic acids is 2. The number of nitrogens with two attached hydrogens (primary N) is 2. The van der Waals surface area contributed by atoms with Crippen LogP contribution in [0.5, 0.6) is 0 Å². The molecule has 2 saturated heterocycles. The fraction of sp³-hybridized carbons (Fsp3) is 0.442. The van der Waals surface area contributed by atoms with Crippen LogP contribution in [0.2, 0.25) is 10.0 Å². The number of amides is 2. The maximum Gasteiger partial charge on any atom is 1.00 e. The maximum atomic E-state index is 12.9. The third-order valence-electron chi connectivity index (χ3n) is 24.2. The van der Waals surface area contributed by atoms with Crippen LogP contribution in [-0.4, -0.2) is 159 Å². The van der Waals surface area contributed by atoms with E-state index in [0.29, 0.717) is 74.9 Å². The maximum absolute atomic E-state index is 12.9. The number of H-pyrrole nitrogens is 2. The van der Waals surface area contributed by atoms with Crippen LogP contribution in [0.25, 0.3) is 12.2 Å². The second kappa shape index (κ2) is 58.6. The number of allylic oxidation sites excluding steroid dienone is 8. The number of halogens is 2. The predicted octanol–water partition coefficient (Wildman–Crippen LogP) is -13.2. The molecule has 11 N–H and O–H groups in total. The molecule has 2 fully saturated rings. The van der Waals surface area contributed by atoms with E-state index < -0.39 is 146 Å². The normalized spacial score (nSPS) is 20.9. The summed E-state index contributed by atoms with van der Waals surface area (Å²) in [5, 5.41) is 42.1. The molecule has 4 aromatic carbocycles. The number of nitrogens with one attached hydrogen (secondary N) is 4. The number of phosphoric acid groups is 6. The van der Waals surface area contributed by atoms with Crippen molar-refractivity contribution in [3.63, 3.8) is 0 Å². The molecule has 8 heterocycles. The van der Waals surface area contributed by atoms with E-state index in [2.05, 4.69) is 137 Å². The summed E-state index contributed by atoms with van der Waals surface area (Å²) in [4.78, 5) is 179. The van der Waals surface area contributed by atoms with Gasteiger partial charge in [0.2, 0.25) is 33.2 Å². The summed E-state index contributed by atoms with van der Waals surface area (Å²) >= 11 is 13.9. The van der Waals surface area contributed by atoms with Crippen molar-refractivity contribution in [2.24, 2.45) is 11.0 Å². The number of ether oxygens (including phenoxy) is 3. The third kappa shape index (κ3) is 36.9. The van der Waals surface area contributed by atoms with Gasteiger partial charge in [-0.1, -0.05) is 63.0 Å². The number of fused-ring (bicyclic) bond motifs is 4. The summed E-state index contributed by atoms with van der Waals surface area (Å²) in [6, 6.07) is 22.6. The number of primary sulfonamides is 1. The zero-order valence-electron chi connectivity index (χ0n) is 84.7. The number of rotatable bonds is 46. The first-order valence-corrected chi connectivity index (χ1v) is 56.2. The van der Waals surface area contributed by atoms with Gasteiger partial charge in [-0.3, -0.25) is 65.2 Å². The topological polar surface area (TPSA) is 716 Å². The van der Waals surface area contributed by atoms with Crippen LogP contribution in [0, 0.1) is 0 Å². The molecule has 6 unspecified atom stereocenters. The zero-order chi connectivity index (χ0) is 106. The van der Waals surface area contributed by atoms with Crippen molar-refractivity contribution in [1.29, 1.82) is 0 Å². The standard InChI is InChI=1S/C44H56Cl2N5O17P3.C42H56N7O19P3S2.6Na/c1-43(2)31-23-29(45)12-14-33(31)49(37(43)9-8-10-38-44(3,4)32-24-30(46)13-15-34(32)50(38)19-21-64-22-20-52)18-7-5-6-11-39(54)47-17-16-28-26-51(42(56)48-41(28)55)40-25-35(53)36(66-40)27-65-70(60,61)68-71(62,63)67-69(57,58)59;1-6-47-31-17-15-28(73(44,61)62)22-30(31)42(4,5)35(47)11-10-12-36-41(2,3)29-21-27(72-66-65-43)14-16-32(29)48(36)20-9-7-8-13-37(51)45-19-18-26-24-49(40(53)46-39(26)52)38-23-33(50)34(64-38)25-63-70(57,58)68-71(59,60)67-69(54,55)56;;;;;;/h8-10,12-17,23-24,26,35-36,40,52-53H,5-7,11,18-22,25,27H2,1-4H3,(H5-,47,48,54,55,56,57,58,59,60,61,62,63);10-12,14-19,21-22,24,33-34,38,50H,6-9,13,20,23,25,43H2,1-5H3,(H7-,44,45,46,51,52,53,54,55,56,57,58,59,60,61,62);;;;;;/q;;6*+1/p-6/b17-16+;19-18+;;;;;;/t35?,36-,40-;33?,34-,38-;;;;;;/m11....../s1. The van der Waals surface area contributed by atoms with E-state index in [1.54, 1.807) is 12.1 Å². The van der Waals surface area contributed by atoms with Gasteiger partial charge in [-0.2, -0.15) is 15.0 Å². The van der Waals surface area contributed by atoms with E-state index in [1.807, 2.05) is 87.5 Å². The van der Waals surface area contributed by atoms with Gasteiger partial charge in [-0.05, 0) is 156 Å². The summed E-state index contributed by atoms with van der Waals surface area (Å²) in [6.45, 7) is 19.8. The number of carbonyl (C=O) groups is 2. The first-order valence-electron chi connectivity index (χ1n) is 44.4. The zero-order valence-corrected chi connectivity index (χ0v) is 105. The van der Waals surface area contributed by atoms with E-state index in [9.17, 15) is 119 Å². The molecule has 788 valence electrons. The molecule has 6 aliphatic heterocycles. The average Bonchev–Trinajstić information content (AvgIpc) is 1.58. The number of nitrogens with zero attached hydrogens (tertiary/aromatic N) is 6. The molecule has 6 aromatic rings. The van der Waals surface area contributed by atoms with E-state index in [1.165, 1.54) is 30.6 Å². The van der Waals surface area contributed by atoms with Gasteiger partial charge in [0.15, 0.2) is 11.4 Å². The molecule has 10 atom stereocenters. The molecule has 64 heteroatoms. The fourth-order valence-electron chi connectivity index (χ4n) is 17.4. The Bertz CT molecular complexity index is 6830. The molecule has 2 amide bonds. The molecule has 12 rings (SSSR count). The fourth-order valence-corrected chi connectivity index (χ4v) is 24.5. The van der Waals surface area contributed by atoms with Gasteiger partial charge in [0.25, 0.3) is 42.4 Å².